The number of carbonyl (C=O) groups is 1. The summed E-state index contributed by atoms with van der Waals surface area (Å²) >= 11 is 0. The lowest BCUT2D eigenvalue weighted by molar-refractivity contribution is 0.262. The van der Waals surface area contributed by atoms with E-state index in [2.05, 4.69) is 20.6 Å². The summed E-state index contributed by atoms with van der Waals surface area (Å²) in [6, 6.07) is 14.4. The van der Waals surface area contributed by atoms with Crippen LogP contribution >= 0.6 is 0 Å². The fourth-order valence-electron chi connectivity index (χ4n) is 3.14. The predicted octanol–water partition coefficient (Wildman–Crippen LogP) is 4.89. The first-order valence-electron chi connectivity index (χ1n) is 8.99. The zero-order valence-corrected chi connectivity index (χ0v) is 16.0. The lowest BCUT2D eigenvalue weighted by Gasteiger charge is -2.12. The normalized spacial score (nSPS) is 10.6. The van der Waals surface area contributed by atoms with Crippen LogP contribution in [0.5, 0.6) is 11.5 Å². The number of amides is 2. The predicted molar refractivity (Wildman–Crippen MR) is 114 cm³/mol. The third-order valence-corrected chi connectivity index (χ3v) is 4.59. The summed E-state index contributed by atoms with van der Waals surface area (Å²) in [5.74, 6) is 1.17. The lowest BCUT2D eigenvalue weighted by Crippen LogP contribution is -2.19. The van der Waals surface area contributed by atoms with Gasteiger partial charge in [0.15, 0.2) is 0 Å². The Hall–Kier alpha value is -4.00. The highest BCUT2D eigenvalue weighted by Gasteiger charge is 2.10. The molecule has 0 atom stereocenters. The quantitative estimate of drug-likeness (QED) is 0.454. The standard InChI is InChI=1S/C22H20N4O3/c1-28-16-7-8-21(29-2)19(11-16)26-22(27)25-15-5-3-14(4-6-15)18-12-24-20-13-23-10-9-17(18)20/h3-13,24H,1-2H3,(H2,25,26,27). The number of rotatable bonds is 5. The molecule has 0 spiro atoms. The van der Waals surface area contributed by atoms with Crippen LogP contribution in [0.4, 0.5) is 16.2 Å². The molecule has 0 radical (unpaired) electrons. The molecular formula is C22H20N4O3. The number of hydrogen-bond donors (Lipinski definition) is 3. The molecule has 146 valence electrons. The lowest BCUT2D eigenvalue weighted by atomic mass is 10.1. The number of ether oxygens (including phenoxy) is 2. The van der Waals surface area contributed by atoms with E-state index >= 15 is 0 Å². The van der Waals surface area contributed by atoms with Crippen molar-refractivity contribution in [2.75, 3.05) is 24.9 Å². The van der Waals surface area contributed by atoms with Crippen molar-refractivity contribution in [1.29, 1.82) is 0 Å². The summed E-state index contributed by atoms with van der Waals surface area (Å²) in [6.45, 7) is 0. The van der Waals surface area contributed by atoms with Crippen molar-refractivity contribution in [1.82, 2.24) is 9.97 Å². The van der Waals surface area contributed by atoms with Gasteiger partial charge >= 0.3 is 6.03 Å². The van der Waals surface area contributed by atoms with Crippen LogP contribution in [0.1, 0.15) is 0 Å². The van der Waals surface area contributed by atoms with Gasteiger partial charge in [0.05, 0.1) is 31.6 Å². The minimum atomic E-state index is -0.373. The Balaban J connectivity index is 1.48. The molecule has 0 saturated heterocycles. The molecule has 7 heteroatoms. The van der Waals surface area contributed by atoms with Gasteiger partial charge in [0.2, 0.25) is 0 Å². The number of carbonyl (C=O) groups excluding carboxylic acids is 1. The Morgan fingerprint density at radius 1 is 1.00 bits per heavy atom. The van der Waals surface area contributed by atoms with Gasteiger partial charge in [0, 0.05) is 35.1 Å². The van der Waals surface area contributed by atoms with Crippen LogP contribution in [0.15, 0.2) is 67.1 Å². The molecule has 0 fully saturated rings. The molecule has 0 aliphatic carbocycles. The van der Waals surface area contributed by atoms with E-state index in [-0.39, 0.29) is 6.03 Å². The smallest absolute Gasteiger partial charge is 0.323 e. The molecule has 2 amide bonds. The first kappa shape index (κ1) is 18.4. The third kappa shape index (κ3) is 3.84. The van der Waals surface area contributed by atoms with Crippen LogP contribution < -0.4 is 20.1 Å². The molecule has 0 aliphatic heterocycles. The zero-order valence-electron chi connectivity index (χ0n) is 16.0. The Morgan fingerprint density at radius 3 is 2.59 bits per heavy atom. The number of benzene rings is 2. The number of H-pyrrole nitrogens is 1. The van der Waals surface area contributed by atoms with E-state index in [1.54, 1.807) is 44.8 Å². The van der Waals surface area contributed by atoms with E-state index in [1.807, 2.05) is 36.5 Å². The second-order valence-electron chi connectivity index (χ2n) is 6.35. The van der Waals surface area contributed by atoms with Gasteiger partial charge in [-0.25, -0.2) is 4.79 Å². The molecule has 4 rings (SSSR count). The highest BCUT2D eigenvalue weighted by atomic mass is 16.5. The van der Waals surface area contributed by atoms with E-state index in [4.69, 9.17) is 9.47 Å². The Morgan fingerprint density at radius 2 is 1.83 bits per heavy atom. The van der Waals surface area contributed by atoms with E-state index < -0.39 is 0 Å². The van der Waals surface area contributed by atoms with Crippen LogP contribution in [0.25, 0.3) is 22.0 Å². The fourth-order valence-corrected chi connectivity index (χ4v) is 3.14. The summed E-state index contributed by atoms with van der Waals surface area (Å²) in [5, 5.41) is 6.71. The maximum Gasteiger partial charge on any atom is 0.323 e. The molecule has 2 aromatic carbocycles. The van der Waals surface area contributed by atoms with Gasteiger partial charge in [-0.1, -0.05) is 12.1 Å². The minimum Gasteiger partial charge on any atom is -0.497 e. The van der Waals surface area contributed by atoms with Crippen molar-refractivity contribution in [2.45, 2.75) is 0 Å². The molecule has 2 aromatic heterocycles. The van der Waals surface area contributed by atoms with Crippen LogP contribution in [0.2, 0.25) is 0 Å². The van der Waals surface area contributed by atoms with Gasteiger partial charge in [0.25, 0.3) is 0 Å². The van der Waals surface area contributed by atoms with Crippen molar-refractivity contribution >= 4 is 28.3 Å². The van der Waals surface area contributed by atoms with Crippen molar-refractivity contribution in [3.8, 4) is 22.6 Å². The van der Waals surface area contributed by atoms with Gasteiger partial charge < -0.3 is 25.1 Å². The summed E-state index contributed by atoms with van der Waals surface area (Å²) in [5.41, 5.74) is 4.31. The van der Waals surface area contributed by atoms with Gasteiger partial charge in [-0.3, -0.25) is 4.98 Å². The molecule has 2 heterocycles. The zero-order chi connectivity index (χ0) is 20.2. The number of hydrogen-bond acceptors (Lipinski definition) is 4. The molecule has 0 saturated carbocycles. The maximum atomic E-state index is 12.4. The molecular weight excluding hydrogens is 368 g/mol. The summed E-state index contributed by atoms with van der Waals surface area (Å²) < 4.78 is 10.5. The molecule has 0 unspecified atom stereocenters. The van der Waals surface area contributed by atoms with Crippen molar-refractivity contribution < 1.29 is 14.3 Å². The fraction of sp³-hybridized carbons (Fsp3) is 0.0909. The Bertz CT molecular complexity index is 1150. The maximum absolute atomic E-state index is 12.4. The highest BCUT2D eigenvalue weighted by molar-refractivity contribution is 6.01. The molecule has 3 N–H and O–H groups in total. The summed E-state index contributed by atoms with van der Waals surface area (Å²) in [7, 11) is 3.11. The van der Waals surface area contributed by atoms with E-state index in [9.17, 15) is 4.79 Å². The molecule has 7 nitrogen and oxygen atoms in total. The van der Waals surface area contributed by atoms with Crippen molar-refractivity contribution in [3.05, 3.63) is 67.1 Å². The number of nitrogens with zero attached hydrogens (tertiary/aromatic N) is 1. The monoisotopic (exact) mass is 388 g/mol. The number of methoxy groups -OCH3 is 2. The molecule has 4 aromatic rings. The molecule has 0 bridgehead atoms. The number of fused-ring (bicyclic) bond motifs is 1. The van der Waals surface area contributed by atoms with Gasteiger partial charge in [-0.15, -0.1) is 0 Å². The van der Waals surface area contributed by atoms with E-state index in [0.717, 1.165) is 22.0 Å². The van der Waals surface area contributed by atoms with Gasteiger partial charge in [-0.2, -0.15) is 0 Å². The first-order chi connectivity index (χ1) is 14.2. The summed E-state index contributed by atoms with van der Waals surface area (Å²) in [6.07, 6.45) is 5.52. The number of urea groups is 1. The Labute approximate surface area is 167 Å². The number of pyridine rings is 1. The van der Waals surface area contributed by atoms with Crippen molar-refractivity contribution in [2.24, 2.45) is 0 Å². The van der Waals surface area contributed by atoms with Crippen LogP contribution in [0, 0.1) is 0 Å². The third-order valence-electron chi connectivity index (χ3n) is 4.59. The van der Waals surface area contributed by atoms with Crippen LogP contribution in [-0.4, -0.2) is 30.2 Å². The number of nitrogens with one attached hydrogen (secondary N) is 3. The molecule has 29 heavy (non-hydrogen) atoms. The average molecular weight is 388 g/mol. The average Bonchev–Trinajstić information content (AvgIpc) is 3.18. The minimum absolute atomic E-state index is 0.373. The largest absolute Gasteiger partial charge is 0.497 e. The Kier molecular flexibility index (Phi) is 5.03. The first-order valence-corrected chi connectivity index (χ1v) is 8.99. The number of anilines is 2. The summed E-state index contributed by atoms with van der Waals surface area (Å²) in [4.78, 5) is 19.7. The van der Waals surface area contributed by atoms with Gasteiger partial charge in [0.1, 0.15) is 11.5 Å². The second kappa shape index (κ2) is 7.93. The number of aromatic amines is 1. The van der Waals surface area contributed by atoms with E-state index in [0.29, 0.717) is 22.9 Å². The van der Waals surface area contributed by atoms with E-state index in [1.165, 1.54) is 0 Å². The van der Waals surface area contributed by atoms with Crippen LogP contribution in [-0.2, 0) is 0 Å². The highest BCUT2D eigenvalue weighted by Crippen LogP contribution is 2.30. The van der Waals surface area contributed by atoms with Crippen LogP contribution in [0.3, 0.4) is 0 Å². The number of aromatic nitrogens is 2. The van der Waals surface area contributed by atoms with Crippen molar-refractivity contribution in [3.63, 3.8) is 0 Å². The second-order valence-corrected chi connectivity index (χ2v) is 6.35. The topological polar surface area (TPSA) is 88.3 Å². The molecule has 0 aliphatic rings. The van der Waals surface area contributed by atoms with Gasteiger partial charge in [-0.05, 0) is 35.9 Å². The SMILES string of the molecule is COc1ccc(OC)c(NC(=O)Nc2ccc(-c3c[nH]c4cnccc34)cc2)c1.